The normalized spacial score (nSPS) is 21.3. The first-order valence-electron chi connectivity index (χ1n) is 5.54. The SMILES string of the molecule is CCCCN(CC1CNCCO1)C(=O)O. The molecule has 1 unspecified atom stereocenters. The van der Waals surface area contributed by atoms with Crippen LogP contribution in [0.3, 0.4) is 0 Å². The fourth-order valence-electron chi connectivity index (χ4n) is 1.60. The van der Waals surface area contributed by atoms with Crippen LogP contribution in [0.4, 0.5) is 4.79 Å². The summed E-state index contributed by atoms with van der Waals surface area (Å²) in [6.07, 6.45) is 1.07. The zero-order valence-corrected chi connectivity index (χ0v) is 9.24. The second-order valence-corrected chi connectivity index (χ2v) is 3.78. The van der Waals surface area contributed by atoms with E-state index in [1.165, 1.54) is 4.90 Å². The predicted molar refractivity (Wildman–Crippen MR) is 57.1 cm³/mol. The molecule has 1 heterocycles. The van der Waals surface area contributed by atoms with Gasteiger partial charge in [-0.05, 0) is 6.42 Å². The van der Waals surface area contributed by atoms with E-state index in [9.17, 15) is 4.79 Å². The Morgan fingerprint density at radius 2 is 2.47 bits per heavy atom. The van der Waals surface area contributed by atoms with Crippen molar-refractivity contribution in [2.24, 2.45) is 0 Å². The summed E-state index contributed by atoms with van der Waals surface area (Å²) in [7, 11) is 0. The van der Waals surface area contributed by atoms with Crippen LogP contribution >= 0.6 is 0 Å². The van der Waals surface area contributed by atoms with Gasteiger partial charge in [0.1, 0.15) is 0 Å². The minimum Gasteiger partial charge on any atom is -0.465 e. The molecule has 5 nitrogen and oxygen atoms in total. The maximum atomic E-state index is 10.9. The Labute approximate surface area is 90.4 Å². The van der Waals surface area contributed by atoms with Crippen molar-refractivity contribution < 1.29 is 14.6 Å². The molecule has 1 aliphatic heterocycles. The van der Waals surface area contributed by atoms with Gasteiger partial charge in [-0.25, -0.2) is 4.79 Å². The smallest absolute Gasteiger partial charge is 0.407 e. The quantitative estimate of drug-likeness (QED) is 0.712. The van der Waals surface area contributed by atoms with Crippen molar-refractivity contribution in [1.29, 1.82) is 0 Å². The molecule has 0 radical (unpaired) electrons. The number of carboxylic acid groups (broad SMARTS) is 1. The number of hydrogen-bond donors (Lipinski definition) is 2. The summed E-state index contributed by atoms with van der Waals surface area (Å²) in [6.45, 7) is 5.41. The first-order valence-corrected chi connectivity index (χ1v) is 5.54. The van der Waals surface area contributed by atoms with Crippen LogP contribution in [0.15, 0.2) is 0 Å². The van der Waals surface area contributed by atoms with Crippen molar-refractivity contribution in [2.45, 2.75) is 25.9 Å². The van der Waals surface area contributed by atoms with E-state index in [0.29, 0.717) is 19.7 Å². The Kier molecular flexibility index (Phi) is 5.42. The van der Waals surface area contributed by atoms with Gasteiger partial charge in [-0.2, -0.15) is 0 Å². The third-order valence-electron chi connectivity index (χ3n) is 2.48. The molecule has 1 rings (SSSR count). The van der Waals surface area contributed by atoms with Crippen molar-refractivity contribution >= 4 is 6.09 Å². The molecule has 1 saturated heterocycles. The van der Waals surface area contributed by atoms with Gasteiger partial charge in [-0.3, -0.25) is 0 Å². The molecule has 0 aromatic heterocycles. The van der Waals surface area contributed by atoms with Crippen molar-refractivity contribution in [1.82, 2.24) is 10.2 Å². The second kappa shape index (κ2) is 6.63. The summed E-state index contributed by atoms with van der Waals surface area (Å²) in [5, 5.41) is 12.2. The van der Waals surface area contributed by atoms with Gasteiger partial charge in [0.15, 0.2) is 0 Å². The molecule has 1 aliphatic rings. The van der Waals surface area contributed by atoms with E-state index in [4.69, 9.17) is 9.84 Å². The highest BCUT2D eigenvalue weighted by molar-refractivity contribution is 5.64. The fourth-order valence-corrected chi connectivity index (χ4v) is 1.60. The summed E-state index contributed by atoms with van der Waals surface area (Å²) >= 11 is 0. The molecule has 0 saturated carbocycles. The number of ether oxygens (including phenoxy) is 1. The highest BCUT2D eigenvalue weighted by Crippen LogP contribution is 2.02. The van der Waals surface area contributed by atoms with Gasteiger partial charge in [-0.1, -0.05) is 13.3 Å². The summed E-state index contributed by atoms with van der Waals surface area (Å²) in [6, 6.07) is 0. The number of carbonyl (C=O) groups is 1. The topological polar surface area (TPSA) is 61.8 Å². The Morgan fingerprint density at radius 1 is 1.67 bits per heavy atom. The van der Waals surface area contributed by atoms with Crippen LogP contribution in [-0.2, 0) is 4.74 Å². The number of nitrogens with zero attached hydrogens (tertiary/aromatic N) is 1. The van der Waals surface area contributed by atoms with Crippen molar-refractivity contribution in [3.05, 3.63) is 0 Å². The first kappa shape index (κ1) is 12.3. The fraction of sp³-hybridized carbons (Fsp3) is 0.900. The average Bonchev–Trinajstić information content (AvgIpc) is 2.25. The zero-order valence-electron chi connectivity index (χ0n) is 9.24. The highest BCUT2D eigenvalue weighted by Gasteiger charge is 2.20. The van der Waals surface area contributed by atoms with Gasteiger partial charge in [0.25, 0.3) is 0 Å². The van der Waals surface area contributed by atoms with Crippen LogP contribution in [0.1, 0.15) is 19.8 Å². The third kappa shape index (κ3) is 4.48. The van der Waals surface area contributed by atoms with Crippen LogP contribution in [0, 0.1) is 0 Å². The summed E-state index contributed by atoms with van der Waals surface area (Å²) < 4.78 is 5.47. The Hall–Kier alpha value is -0.810. The lowest BCUT2D eigenvalue weighted by atomic mass is 10.2. The summed E-state index contributed by atoms with van der Waals surface area (Å²) in [5.41, 5.74) is 0. The average molecular weight is 216 g/mol. The molecular weight excluding hydrogens is 196 g/mol. The molecule has 88 valence electrons. The Balaban J connectivity index is 2.31. The lowest BCUT2D eigenvalue weighted by molar-refractivity contribution is 0.00744. The molecule has 2 N–H and O–H groups in total. The molecule has 1 fully saturated rings. The monoisotopic (exact) mass is 216 g/mol. The molecule has 1 amide bonds. The van der Waals surface area contributed by atoms with E-state index >= 15 is 0 Å². The van der Waals surface area contributed by atoms with Crippen molar-refractivity contribution in [3.63, 3.8) is 0 Å². The molecule has 0 spiro atoms. The predicted octanol–water partition coefficient (Wildman–Crippen LogP) is 0.755. The minimum absolute atomic E-state index is 0.00621. The van der Waals surface area contributed by atoms with Gasteiger partial charge >= 0.3 is 6.09 Å². The van der Waals surface area contributed by atoms with E-state index in [-0.39, 0.29) is 6.10 Å². The number of rotatable bonds is 5. The van der Waals surface area contributed by atoms with E-state index in [1.807, 2.05) is 0 Å². The van der Waals surface area contributed by atoms with Crippen molar-refractivity contribution in [3.8, 4) is 0 Å². The maximum absolute atomic E-state index is 10.9. The van der Waals surface area contributed by atoms with E-state index < -0.39 is 6.09 Å². The number of hydrogen-bond acceptors (Lipinski definition) is 3. The van der Waals surface area contributed by atoms with Gasteiger partial charge in [-0.15, -0.1) is 0 Å². The number of amides is 1. The minimum atomic E-state index is -0.849. The number of morpholine rings is 1. The van der Waals surface area contributed by atoms with Crippen LogP contribution in [0.2, 0.25) is 0 Å². The van der Waals surface area contributed by atoms with Crippen LogP contribution < -0.4 is 5.32 Å². The molecule has 0 aromatic carbocycles. The first-order chi connectivity index (χ1) is 7.24. The van der Waals surface area contributed by atoms with E-state index in [1.54, 1.807) is 0 Å². The lowest BCUT2D eigenvalue weighted by Gasteiger charge is -2.28. The molecule has 5 heteroatoms. The van der Waals surface area contributed by atoms with Gasteiger partial charge in [0, 0.05) is 19.6 Å². The van der Waals surface area contributed by atoms with Crippen LogP contribution in [0.25, 0.3) is 0 Å². The van der Waals surface area contributed by atoms with Gasteiger partial charge < -0.3 is 20.1 Å². The largest absolute Gasteiger partial charge is 0.465 e. The van der Waals surface area contributed by atoms with Crippen LogP contribution in [0.5, 0.6) is 0 Å². The number of unbranched alkanes of at least 4 members (excludes halogenated alkanes) is 1. The molecule has 15 heavy (non-hydrogen) atoms. The zero-order chi connectivity index (χ0) is 11.1. The van der Waals surface area contributed by atoms with Gasteiger partial charge in [0.05, 0.1) is 19.3 Å². The third-order valence-corrected chi connectivity index (χ3v) is 2.48. The maximum Gasteiger partial charge on any atom is 0.407 e. The Morgan fingerprint density at radius 3 is 3.00 bits per heavy atom. The molecule has 0 aromatic rings. The Bertz CT molecular complexity index is 193. The summed E-state index contributed by atoms with van der Waals surface area (Å²) in [4.78, 5) is 12.4. The number of nitrogens with one attached hydrogen (secondary N) is 1. The van der Waals surface area contributed by atoms with Crippen LogP contribution in [-0.4, -0.2) is 55.0 Å². The summed E-state index contributed by atoms with van der Waals surface area (Å²) in [5.74, 6) is 0. The van der Waals surface area contributed by atoms with E-state index in [2.05, 4.69) is 12.2 Å². The standard InChI is InChI=1S/C10H20N2O3/c1-2-3-5-12(10(13)14)8-9-7-11-4-6-15-9/h9,11H,2-8H2,1H3,(H,13,14). The second-order valence-electron chi connectivity index (χ2n) is 3.78. The lowest BCUT2D eigenvalue weighted by Crippen LogP contribution is -2.46. The highest BCUT2D eigenvalue weighted by atomic mass is 16.5. The molecule has 0 bridgehead atoms. The molecule has 0 aliphatic carbocycles. The molecule has 1 atom stereocenters. The van der Waals surface area contributed by atoms with E-state index in [0.717, 1.165) is 25.9 Å². The molecular formula is C10H20N2O3. The van der Waals surface area contributed by atoms with Crippen molar-refractivity contribution in [2.75, 3.05) is 32.8 Å². The van der Waals surface area contributed by atoms with Gasteiger partial charge in [0.2, 0.25) is 0 Å².